The molecule has 0 heterocycles. The molecule has 1 fully saturated rings. The number of rotatable bonds is 3. The smallest absolute Gasteiger partial charge is 0.0741 e. The Morgan fingerprint density at radius 1 is 1.50 bits per heavy atom. The van der Waals surface area contributed by atoms with Gasteiger partial charge in [0, 0.05) is 12.1 Å². The van der Waals surface area contributed by atoms with Gasteiger partial charge in [0.25, 0.3) is 0 Å². The van der Waals surface area contributed by atoms with Crippen molar-refractivity contribution in [2.24, 2.45) is 5.92 Å². The predicted octanol–water partition coefficient (Wildman–Crippen LogP) is 1.43. The molecule has 1 rings (SSSR count). The molecule has 0 aliphatic heterocycles. The van der Waals surface area contributed by atoms with Crippen molar-refractivity contribution in [3.63, 3.8) is 0 Å². The SMILES string of the molecule is CC(NC1CCCC1C#N)C(C)(C)O. The van der Waals surface area contributed by atoms with Gasteiger partial charge in [-0.05, 0) is 33.6 Å². The summed E-state index contributed by atoms with van der Waals surface area (Å²) in [6, 6.07) is 2.62. The summed E-state index contributed by atoms with van der Waals surface area (Å²) in [5, 5.41) is 22.0. The maximum atomic E-state index is 9.76. The Balaban J connectivity index is 2.48. The minimum Gasteiger partial charge on any atom is -0.389 e. The van der Waals surface area contributed by atoms with E-state index in [2.05, 4.69) is 11.4 Å². The largest absolute Gasteiger partial charge is 0.389 e. The summed E-state index contributed by atoms with van der Waals surface area (Å²) < 4.78 is 0. The van der Waals surface area contributed by atoms with Gasteiger partial charge in [-0.3, -0.25) is 0 Å². The summed E-state index contributed by atoms with van der Waals surface area (Å²) in [6.07, 6.45) is 3.17. The zero-order chi connectivity index (χ0) is 10.8. The van der Waals surface area contributed by atoms with Crippen LogP contribution in [0, 0.1) is 17.2 Å². The molecule has 0 amide bonds. The van der Waals surface area contributed by atoms with Crippen LogP contribution in [0.2, 0.25) is 0 Å². The van der Waals surface area contributed by atoms with Crippen molar-refractivity contribution in [3.05, 3.63) is 0 Å². The van der Waals surface area contributed by atoms with Crippen molar-refractivity contribution in [2.75, 3.05) is 0 Å². The molecule has 0 aromatic carbocycles. The van der Waals surface area contributed by atoms with Gasteiger partial charge in [0.15, 0.2) is 0 Å². The molecule has 14 heavy (non-hydrogen) atoms. The fraction of sp³-hybridized carbons (Fsp3) is 0.909. The molecule has 1 aliphatic rings. The number of nitrogens with one attached hydrogen (secondary N) is 1. The minimum absolute atomic E-state index is 0.0291. The zero-order valence-electron chi connectivity index (χ0n) is 9.25. The monoisotopic (exact) mass is 196 g/mol. The van der Waals surface area contributed by atoms with Crippen LogP contribution in [0.1, 0.15) is 40.0 Å². The molecular weight excluding hydrogens is 176 g/mol. The van der Waals surface area contributed by atoms with Crippen LogP contribution in [0.25, 0.3) is 0 Å². The number of hydrogen-bond donors (Lipinski definition) is 2. The molecule has 80 valence electrons. The van der Waals surface area contributed by atoms with E-state index in [4.69, 9.17) is 5.26 Å². The highest BCUT2D eigenvalue weighted by atomic mass is 16.3. The fourth-order valence-corrected chi connectivity index (χ4v) is 1.84. The summed E-state index contributed by atoms with van der Waals surface area (Å²) >= 11 is 0. The van der Waals surface area contributed by atoms with Gasteiger partial charge in [0.1, 0.15) is 0 Å². The van der Waals surface area contributed by atoms with Crippen LogP contribution in [0.3, 0.4) is 0 Å². The van der Waals surface area contributed by atoms with Crippen LogP contribution in [-0.4, -0.2) is 22.8 Å². The predicted molar refractivity (Wildman–Crippen MR) is 55.6 cm³/mol. The van der Waals surface area contributed by atoms with Gasteiger partial charge in [0.05, 0.1) is 17.6 Å². The van der Waals surface area contributed by atoms with Crippen LogP contribution in [0.5, 0.6) is 0 Å². The van der Waals surface area contributed by atoms with E-state index in [-0.39, 0.29) is 18.0 Å². The van der Waals surface area contributed by atoms with Crippen molar-refractivity contribution in [1.29, 1.82) is 5.26 Å². The molecular formula is C11H20N2O. The topological polar surface area (TPSA) is 56.0 Å². The molecule has 0 radical (unpaired) electrons. The second-order valence-electron chi connectivity index (χ2n) is 4.82. The first-order valence-electron chi connectivity index (χ1n) is 5.33. The van der Waals surface area contributed by atoms with E-state index < -0.39 is 5.60 Å². The van der Waals surface area contributed by atoms with Gasteiger partial charge >= 0.3 is 0 Å². The van der Waals surface area contributed by atoms with E-state index in [1.165, 1.54) is 0 Å². The molecule has 0 saturated heterocycles. The fourth-order valence-electron chi connectivity index (χ4n) is 1.84. The first-order chi connectivity index (χ1) is 6.45. The molecule has 0 aromatic heterocycles. The van der Waals surface area contributed by atoms with E-state index in [9.17, 15) is 5.11 Å². The molecule has 0 bridgehead atoms. The number of nitrogens with zero attached hydrogens (tertiary/aromatic N) is 1. The quantitative estimate of drug-likeness (QED) is 0.718. The average molecular weight is 196 g/mol. The molecule has 3 unspecified atom stereocenters. The van der Waals surface area contributed by atoms with Crippen molar-refractivity contribution < 1.29 is 5.11 Å². The van der Waals surface area contributed by atoms with E-state index >= 15 is 0 Å². The van der Waals surface area contributed by atoms with Crippen LogP contribution in [0.4, 0.5) is 0 Å². The summed E-state index contributed by atoms with van der Waals surface area (Å²) in [5.74, 6) is 0.125. The molecule has 0 aromatic rings. The second-order valence-corrected chi connectivity index (χ2v) is 4.82. The van der Waals surface area contributed by atoms with Crippen LogP contribution in [-0.2, 0) is 0 Å². The Morgan fingerprint density at radius 2 is 2.14 bits per heavy atom. The first kappa shape index (κ1) is 11.5. The molecule has 1 saturated carbocycles. The van der Waals surface area contributed by atoms with E-state index in [1.54, 1.807) is 13.8 Å². The van der Waals surface area contributed by atoms with E-state index in [0.29, 0.717) is 0 Å². The van der Waals surface area contributed by atoms with Gasteiger partial charge in [-0.1, -0.05) is 6.42 Å². The highest BCUT2D eigenvalue weighted by molar-refractivity contribution is 4.98. The summed E-state index contributed by atoms with van der Waals surface area (Å²) in [4.78, 5) is 0. The van der Waals surface area contributed by atoms with Gasteiger partial charge in [0.2, 0.25) is 0 Å². The Bertz CT molecular complexity index is 226. The number of nitriles is 1. The van der Waals surface area contributed by atoms with E-state index in [1.807, 2.05) is 6.92 Å². The molecule has 1 aliphatic carbocycles. The summed E-state index contributed by atoms with van der Waals surface area (Å²) in [7, 11) is 0. The lowest BCUT2D eigenvalue weighted by atomic mass is 9.97. The Hall–Kier alpha value is -0.590. The lowest BCUT2D eigenvalue weighted by molar-refractivity contribution is 0.0388. The Kier molecular flexibility index (Phi) is 3.52. The summed E-state index contributed by atoms with van der Waals surface area (Å²) in [6.45, 7) is 5.55. The maximum absolute atomic E-state index is 9.76. The van der Waals surface area contributed by atoms with Crippen LogP contribution >= 0.6 is 0 Å². The third-order valence-corrected chi connectivity index (χ3v) is 3.21. The van der Waals surface area contributed by atoms with Crippen molar-refractivity contribution in [1.82, 2.24) is 5.32 Å². The second kappa shape index (κ2) is 4.29. The van der Waals surface area contributed by atoms with Gasteiger partial charge in [-0.2, -0.15) is 5.26 Å². The standard InChI is InChI=1S/C11H20N2O/c1-8(11(2,3)14)13-10-6-4-5-9(10)7-12/h8-10,13-14H,4-6H2,1-3H3. The van der Waals surface area contributed by atoms with Gasteiger partial charge < -0.3 is 10.4 Å². The van der Waals surface area contributed by atoms with Crippen molar-refractivity contribution in [3.8, 4) is 6.07 Å². The molecule has 2 N–H and O–H groups in total. The normalized spacial score (nSPS) is 29.9. The first-order valence-corrected chi connectivity index (χ1v) is 5.33. The lowest BCUT2D eigenvalue weighted by Gasteiger charge is -2.30. The van der Waals surface area contributed by atoms with Crippen LogP contribution in [0.15, 0.2) is 0 Å². The third kappa shape index (κ3) is 2.70. The lowest BCUT2D eigenvalue weighted by Crippen LogP contribution is -2.49. The minimum atomic E-state index is -0.720. The molecule has 0 spiro atoms. The number of aliphatic hydroxyl groups is 1. The molecule has 3 atom stereocenters. The Labute approximate surface area is 86.1 Å². The number of hydrogen-bond acceptors (Lipinski definition) is 3. The third-order valence-electron chi connectivity index (χ3n) is 3.21. The molecule has 3 heteroatoms. The summed E-state index contributed by atoms with van der Waals surface area (Å²) in [5.41, 5.74) is -0.720. The Morgan fingerprint density at radius 3 is 2.64 bits per heavy atom. The highest BCUT2D eigenvalue weighted by Gasteiger charge is 2.31. The van der Waals surface area contributed by atoms with Crippen LogP contribution < -0.4 is 5.32 Å². The van der Waals surface area contributed by atoms with E-state index in [0.717, 1.165) is 19.3 Å². The average Bonchev–Trinajstić information content (AvgIpc) is 2.50. The highest BCUT2D eigenvalue weighted by Crippen LogP contribution is 2.26. The zero-order valence-corrected chi connectivity index (χ0v) is 9.25. The van der Waals surface area contributed by atoms with Crippen molar-refractivity contribution >= 4 is 0 Å². The van der Waals surface area contributed by atoms with Gasteiger partial charge in [-0.25, -0.2) is 0 Å². The maximum Gasteiger partial charge on any atom is 0.0741 e. The van der Waals surface area contributed by atoms with Crippen molar-refractivity contribution in [2.45, 2.75) is 57.7 Å². The molecule has 3 nitrogen and oxygen atoms in total. The van der Waals surface area contributed by atoms with Gasteiger partial charge in [-0.15, -0.1) is 0 Å².